The Morgan fingerprint density at radius 3 is 0.578 bits per heavy atom. The summed E-state index contributed by atoms with van der Waals surface area (Å²) < 4.78 is 41.8. The highest BCUT2D eigenvalue weighted by atomic mass is 33.1. The lowest BCUT2D eigenvalue weighted by atomic mass is 10.1. The Hall–Kier alpha value is 0.894. The summed E-state index contributed by atoms with van der Waals surface area (Å²) in [5.41, 5.74) is 0. The molecule has 0 aliphatic carbocycles. The van der Waals surface area contributed by atoms with E-state index in [2.05, 4.69) is 55.4 Å². The molecule has 0 bridgehead atoms. The lowest BCUT2D eigenvalue weighted by Gasteiger charge is -2.33. The predicted molar refractivity (Wildman–Crippen MR) is 291 cm³/mol. The maximum Gasteiger partial charge on any atom is 0.502 e. The molecule has 0 fully saturated rings. The summed E-state index contributed by atoms with van der Waals surface area (Å²) in [4.78, 5) is 0. The van der Waals surface area contributed by atoms with Crippen molar-refractivity contribution in [1.29, 1.82) is 0 Å². The fourth-order valence-corrected chi connectivity index (χ4v) is 18.1. The van der Waals surface area contributed by atoms with Crippen LogP contribution in [0.15, 0.2) is 0 Å². The third-order valence-corrected chi connectivity index (χ3v) is 22.5. The van der Waals surface area contributed by atoms with Crippen LogP contribution >= 0.6 is 21.6 Å². The van der Waals surface area contributed by atoms with E-state index < -0.39 is 17.6 Å². The third-order valence-electron chi connectivity index (χ3n) is 12.4. The molecule has 0 aliphatic heterocycles. The predicted octanol–water partition coefficient (Wildman–Crippen LogP) is 19.3. The lowest BCUT2D eigenvalue weighted by molar-refractivity contribution is 0.0546. The summed E-state index contributed by atoms with van der Waals surface area (Å²) in [7, 11) is -1.82. The fraction of sp³-hybridized carbons (Fsp3) is 1.00. The van der Waals surface area contributed by atoms with Crippen LogP contribution in [0.1, 0.15) is 287 Å². The van der Waals surface area contributed by atoms with Gasteiger partial charge in [-0.3, -0.25) is 0 Å². The van der Waals surface area contributed by atoms with E-state index in [1.807, 2.05) is 21.6 Å². The Kier molecular flexibility index (Phi) is 51.0. The van der Waals surface area contributed by atoms with Gasteiger partial charge in [-0.15, -0.1) is 0 Å². The molecule has 64 heavy (non-hydrogen) atoms. The molecule has 0 rings (SSSR count). The molecule has 0 heterocycles. The van der Waals surface area contributed by atoms with E-state index in [4.69, 9.17) is 26.6 Å². The minimum atomic E-state index is -2.91. The number of rotatable bonds is 55. The van der Waals surface area contributed by atoms with Crippen LogP contribution in [0.3, 0.4) is 0 Å². The van der Waals surface area contributed by atoms with Gasteiger partial charge in [-0.2, -0.15) is 0 Å². The van der Waals surface area contributed by atoms with E-state index in [1.165, 1.54) is 193 Å². The van der Waals surface area contributed by atoms with Gasteiger partial charge in [-0.1, -0.05) is 270 Å². The zero-order chi connectivity index (χ0) is 46.9. The number of hydrogen-bond donors (Lipinski definition) is 0. The minimum absolute atomic E-state index is 0.339. The van der Waals surface area contributed by atoms with Gasteiger partial charge in [0.05, 0.1) is 0 Å². The first-order valence-corrected chi connectivity index (χ1v) is 34.7. The number of unbranched alkanes of at least 4 members (excludes halogenated alkanes) is 30. The van der Waals surface area contributed by atoms with Crippen LogP contribution in [0, 0.1) is 0 Å². The van der Waals surface area contributed by atoms with Gasteiger partial charge in [-0.05, 0) is 38.5 Å². The van der Waals surface area contributed by atoms with Crippen LogP contribution < -0.4 is 0 Å². The molecule has 2 unspecified atom stereocenters. The van der Waals surface area contributed by atoms with Gasteiger partial charge in [0, 0.05) is 62.2 Å². The Balaban J connectivity index is 6.03. The molecular weight excluding hydrogens is 865 g/mol. The fourth-order valence-electron chi connectivity index (χ4n) is 8.23. The van der Waals surface area contributed by atoms with Gasteiger partial charge >= 0.3 is 17.6 Å². The quantitative estimate of drug-likeness (QED) is 0.0339. The Bertz CT molecular complexity index is 747. The van der Waals surface area contributed by atoms with Crippen LogP contribution in [0.5, 0.6) is 0 Å². The Morgan fingerprint density at radius 2 is 0.406 bits per heavy atom. The smallest absolute Gasteiger partial charge is 0.373 e. The van der Waals surface area contributed by atoms with Crippen molar-refractivity contribution in [3.63, 3.8) is 0 Å². The van der Waals surface area contributed by atoms with Crippen molar-refractivity contribution >= 4 is 39.2 Å². The molecule has 0 amide bonds. The Morgan fingerprint density at radius 1 is 0.250 bits per heavy atom. The molecule has 10 heteroatoms. The zero-order valence-corrected chi connectivity index (χ0v) is 48.2. The molecule has 0 N–H and O–H groups in total. The van der Waals surface area contributed by atoms with E-state index in [0.29, 0.717) is 10.5 Å². The monoisotopic (exact) mass is 979 g/mol. The van der Waals surface area contributed by atoms with Crippen LogP contribution in [-0.2, 0) is 26.6 Å². The highest BCUT2D eigenvalue weighted by Gasteiger charge is 2.45. The summed E-state index contributed by atoms with van der Waals surface area (Å²) in [5.74, 6) is 0. The van der Waals surface area contributed by atoms with Crippen molar-refractivity contribution in [2.75, 3.05) is 39.6 Å². The maximum absolute atomic E-state index is 6.96. The molecular formula is C54H114O6S2Si2. The molecule has 0 radical (unpaired) electrons. The maximum atomic E-state index is 6.96. The molecule has 386 valence electrons. The topological polar surface area (TPSA) is 55.4 Å². The highest BCUT2D eigenvalue weighted by molar-refractivity contribution is 8.77. The summed E-state index contributed by atoms with van der Waals surface area (Å²) in [5, 5.41) is 0.678. The summed E-state index contributed by atoms with van der Waals surface area (Å²) in [6, 6.07) is 1.72. The standard InChI is InChI=1S/C54H114O6S2Si2/c1-9-15-21-27-33-39-45-55-63(56-46-40-34-28-22-16-10-2,57-47-41-35-29-23-17-11-3)51-53(7)61-62-54(8)52-64(58-48-42-36-30-24-18-12-4,59-49-43-37-31-25-19-13-5)60-50-44-38-32-26-20-14-6/h53-54H,9-52H2,1-8H3. The second-order valence-corrected chi connectivity index (χ2v) is 27.7. The molecule has 0 spiro atoms. The van der Waals surface area contributed by atoms with Gasteiger partial charge in [-0.25, -0.2) is 0 Å². The van der Waals surface area contributed by atoms with E-state index >= 15 is 0 Å². The normalized spacial score (nSPS) is 13.3. The first kappa shape index (κ1) is 64.9. The highest BCUT2D eigenvalue weighted by Crippen LogP contribution is 2.39. The first-order valence-electron chi connectivity index (χ1n) is 28.5. The zero-order valence-electron chi connectivity index (χ0n) is 44.5. The van der Waals surface area contributed by atoms with Crippen molar-refractivity contribution in [1.82, 2.24) is 0 Å². The van der Waals surface area contributed by atoms with Gasteiger partial charge in [0.1, 0.15) is 0 Å². The number of hydrogen-bond acceptors (Lipinski definition) is 8. The molecule has 0 aromatic carbocycles. The van der Waals surface area contributed by atoms with E-state index in [1.54, 1.807) is 0 Å². The largest absolute Gasteiger partial charge is 0.502 e. The van der Waals surface area contributed by atoms with E-state index in [0.717, 1.165) is 90.3 Å². The second kappa shape index (κ2) is 50.3. The van der Waals surface area contributed by atoms with Crippen molar-refractivity contribution < 1.29 is 26.6 Å². The summed E-state index contributed by atoms with van der Waals surface area (Å²) >= 11 is 0. The van der Waals surface area contributed by atoms with Crippen LogP contribution in [0.2, 0.25) is 12.1 Å². The van der Waals surface area contributed by atoms with Crippen molar-refractivity contribution in [3.05, 3.63) is 0 Å². The Labute approximate surface area is 412 Å². The average Bonchev–Trinajstić information content (AvgIpc) is 3.29. The lowest BCUT2D eigenvalue weighted by Crippen LogP contribution is -2.48. The second-order valence-electron chi connectivity index (χ2n) is 19.3. The SMILES string of the molecule is CCCCCCCCO[Si](CC(C)SSC(C)C[Si](OCCCCCCCC)(OCCCCCCCC)OCCCCCCCC)(OCCCCCCCC)OCCCCCCCC. The average molecular weight is 980 g/mol. The molecule has 0 saturated carbocycles. The van der Waals surface area contributed by atoms with Crippen molar-refractivity contribution in [2.45, 2.75) is 309 Å². The van der Waals surface area contributed by atoms with Crippen LogP contribution in [-0.4, -0.2) is 67.8 Å². The van der Waals surface area contributed by atoms with Gasteiger partial charge in [0.15, 0.2) is 0 Å². The van der Waals surface area contributed by atoms with Gasteiger partial charge in [0.2, 0.25) is 0 Å². The molecule has 0 saturated heterocycles. The van der Waals surface area contributed by atoms with Crippen molar-refractivity contribution in [3.8, 4) is 0 Å². The first-order chi connectivity index (χ1) is 31.4. The third kappa shape index (κ3) is 41.8. The van der Waals surface area contributed by atoms with Gasteiger partial charge < -0.3 is 26.6 Å². The molecule has 0 aromatic rings. The van der Waals surface area contributed by atoms with Crippen LogP contribution in [0.4, 0.5) is 0 Å². The minimum Gasteiger partial charge on any atom is -0.373 e. The van der Waals surface area contributed by atoms with Crippen LogP contribution in [0.25, 0.3) is 0 Å². The van der Waals surface area contributed by atoms with E-state index in [-0.39, 0.29) is 0 Å². The molecule has 0 aromatic heterocycles. The van der Waals surface area contributed by atoms with E-state index in [9.17, 15) is 0 Å². The molecule has 6 nitrogen and oxygen atoms in total. The summed E-state index contributed by atoms with van der Waals surface area (Å²) in [6.07, 6.45) is 45.3. The van der Waals surface area contributed by atoms with Crippen molar-refractivity contribution in [2.24, 2.45) is 0 Å². The van der Waals surface area contributed by atoms with Gasteiger partial charge in [0.25, 0.3) is 0 Å². The molecule has 0 aliphatic rings. The summed E-state index contributed by atoms with van der Waals surface area (Å²) in [6.45, 7) is 23.0. The molecule has 2 atom stereocenters.